The predicted octanol–water partition coefficient (Wildman–Crippen LogP) is 3.89. The molecular formula is C24H18FN5O2. The van der Waals surface area contributed by atoms with Gasteiger partial charge in [0.25, 0.3) is 5.91 Å². The maximum atomic E-state index is 13.2. The lowest BCUT2D eigenvalue weighted by Crippen LogP contribution is -2.28. The van der Waals surface area contributed by atoms with Gasteiger partial charge in [-0.15, -0.1) is 15.3 Å². The number of nitrogens with one attached hydrogen (secondary N) is 1. The van der Waals surface area contributed by atoms with E-state index in [2.05, 4.69) is 20.6 Å². The first-order valence-corrected chi connectivity index (χ1v) is 10.1. The van der Waals surface area contributed by atoms with Gasteiger partial charge in [-0.25, -0.2) is 4.39 Å². The molecule has 0 atom stereocenters. The second kappa shape index (κ2) is 8.43. The third-order valence-corrected chi connectivity index (χ3v) is 4.99. The van der Waals surface area contributed by atoms with Crippen LogP contribution in [0.3, 0.4) is 0 Å². The molecule has 32 heavy (non-hydrogen) atoms. The van der Waals surface area contributed by atoms with Gasteiger partial charge in [-0.2, -0.15) is 4.52 Å². The average molecular weight is 427 g/mol. The highest BCUT2D eigenvalue weighted by molar-refractivity contribution is 5.98. The number of rotatable bonds is 6. The third kappa shape index (κ3) is 3.98. The van der Waals surface area contributed by atoms with Crippen LogP contribution < -0.4 is 10.1 Å². The van der Waals surface area contributed by atoms with Gasteiger partial charge in [-0.1, -0.05) is 30.3 Å². The molecule has 0 bridgehead atoms. The first-order valence-electron chi connectivity index (χ1n) is 10.1. The highest BCUT2D eigenvalue weighted by Crippen LogP contribution is 2.19. The zero-order chi connectivity index (χ0) is 21.9. The summed E-state index contributed by atoms with van der Waals surface area (Å²) in [5.74, 6) is 0.348. The van der Waals surface area contributed by atoms with Gasteiger partial charge < -0.3 is 10.1 Å². The minimum absolute atomic E-state index is 0.167. The molecule has 0 spiro atoms. The molecule has 3 aromatic carbocycles. The summed E-state index contributed by atoms with van der Waals surface area (Å²) in [6.07, 6.45) is 0. The molecule has 0 unspecified atom stereocenters. The van der Waals surface area contributed by atoms with Crippen LogP contribution >= 0.6 is 0 Å². The Morgan fingerprint density at radius 3 is 2.59 bits per heavy atom. The minimum Gasteiger partial charge on any atom is -0.475 e. The fraction of sp³-hybridized carbons (Fsp3) is 0.0833. The van der Waals surface area contributed by atoms with Crippen molar-refractivity contribution in [3.63, 3.8) is 0 Å². The van der Waals surface area contributed by atoms with Gasteiger partial charge in [-0.05, 0) is 53.2 Å². The van der Waals surface area contributed by atoms with Crippen molar-refractivity contribution in [3.05, 3.63) is 90.2 Å². The molecule has 0 fully saturated rings. The van der Waals surface area contributed by atoms with E-state index in [9.17, 15) is 9.18 Å². The van der Waals surface area contributed by atoms with E-state index < -0.39 is 0 Å². The number of halogens is 1. The number of fused-ring (bicyclic) bond motifs is 2. The second-order valence-corrected chi connectivity index (χ2v) is 7.14. The Bertz CT molecular complexity index is 1420. The molecule has 0 saturated carbocycles. The van der Waals surface area contributed by atoms with E-state index in [1.54, 1.807) is 30.3 Å². The van der Waals surface area contributed by atoms with Crippen LogP contribution in [0.5, 0.6) is 5.88 Å². The molecule has 0 radical (unpaired) electrons. The summed E-state index contributed by atoms with van der Waals surface area (Å²) < 4.78 is 20.4. The molecule has 0 aliphatic rings. The molecule has 2 aromatic heterocycles. The number of aromatic nitrogens is 4. The third-order valence-electron chi connectivity index (χ3n) is 4.99. The van der Waals surface area contributed by atoms with Crippen molar-refractivity contribution in [1.29, 1.82) is 0 Å². The maximum absolute atomic E-state index is 13.2. The van der Waals surface area contributed by atoms with Crippen molar-refractivity contribution < 1.29 is 13.9 Å². The summed E-state index contributed by atoms with van der Waals surface area (Å²) in [6.45, 7) is 0.560. The van der Waals surface area contributed by atoms with Crippen LogP contribution in [0.15, 0.2) is 78.9 Å². The zero-order valence-corrected chi connectivity index (χ0v) is 16.9. The molecule has 2 heterocycles. The van der Waals surface area contributed by atoms with Gasteiger partial charge in [0.05, 0.1) is 6.54 Å². The SMILES string of the molecule is O=C(NCCOc1ccc2nnc(-c3ccc(F)cc3)n2n1)c1ccc2ccccc2c1. The van der Waals surface area contributed by atoms with Crippen molar-refractivity contribution in [2.75, 3.05) is 13.2 Å². The quantitative estimate of drug-likeness (QED) is 0.416. The molecule has 0 aliphatic carbocycles. The van der Waals surface area contributed by atoms with E-state index in [-0.39, 0.29) is 18.3 Å². The van der Waals surface area contributed by atoms with E-state index in [1.807, 2.05) is 36.4 Å². The van der Waals surface area contributed by atoms with Gasteiger partial charge in [0.15, 0.2) is 11.5 Å². The summed E-state index contributed by atoms with van der Waals surface area (Å²) in [4.78, 5) is 12.4. The number of carbonyl (C=O) groups excluding carboxylic acids is 1. The topological polar surface area (TPSA) is 81.4 Å². The lowest BCUT2D eigenvalue weighted by Gasteiger charge is -2.08. The normalized spacial score (nSPS) is 11.0. The number of hydrogen-bond donors (Lipinski definition) is 1. The Balaban J connectivity index is 1.22. The standard InChI is InChI=1S/C24H18FN5O2/c25-20-9-7-17(8-10-20)23-28-27-21-11-12-22(29-30(21)23)32-14-13-26-24(31)19-6-5-16-3-1-2-4-18(16)15-19/h1-12,15H,13-14H2,(H,26,31). The van der Waals surface area contributed by atoms with Crippen LogP contribution in [0, 0.1) is 5.82 Å². The van der Waals surface area contributed by atoms with Crippen LogP contribution in [0.1, 0.15) is 10.4 Å². The Labute approximate surface area is 182 Å². The number of carbonyl (C=O) groups is 1. The van der Waals surface area contributed by atoms with Crippen molar-refractivity contribution in [2.45, 2.75) is 0 Å². The Hall–Kier alpha value is -4.33. The lowest BCUT2D eigenvalue weighted by molar-refractivity contribution is 0.0946. The second-order valence-electron chi connectivity index (χ2n) is 7.14. The Morgan fingerprint density at radius 2 is 1.75 bits per heavy atom. The summed E-state index contributed by atoms with van der Waals surface area (Å²) in [7, 11) is 0. The predicted molar refractivity (Wildman–Crippen MR) is 118 cm³/mol. The van der Waals surface area contributed by atoms with Gasteiger partial charge >= 0.3 is 0 Å². The number of hydrogen-bond acceptors (Lipinski definition) is 5. The smallest absolute Gasteiger partial charge is 0.251 e. The number of nitrogens with zero attached hydrogens (tertiary/aromatic N) is 4. The average Bonchev–Trinajstić information content (AvgIpc) is 3.25. The van der Waals surface area contributed by atoms with Gasteiger partial charge in [0.1, 0.15) is 12.4 Å². The van der Waals surface area contributed by atoms with Crippen molar-refractivity contribution in [3.8, 4) is 17.3 Å². The molecule has 0 saturated heterocycles. The van der Waals surface area contributed by atoms with Crippen molar-refractivity contribution in [2.24, 2.45) is 0 Å². The van der Waals surface area contributed by atoms with E-state index in [4.69, 9.17) is 4.74 Å². The van der Waals surface area contributed by atoms with Crippen LogP contribution in [0.4, 0.5) is 4.39 Å². The van der Waals surface area contributed by atoms with Crippen LogP contribution in [0.2, 0.25) is 0 Å². The fourth-order valence-corrected chi connectivity index (χ4v) is 3.38. The Morgan fingerprint density at radius 1 is 0.938 bits per heavy atom. The van der Waals surface area contributed by atoms with Gasteiger partial charge in [-0.3, -0.25) is 4.79 Å². The summed E-state index contributed by atoms with van der Waals surface area (Å²) >= 11 is 0. The summed E-state index contributed by atoms with van der Waals surface area (Å²) in [6, 6.07) is 22.8. The lowest BCUT2D eigenvalue weighted by atomic mass is 10.1. The molecular weight excluding hydrogens is 409 g/mol. The molecule has 1 amide bonds. The Kier molecular flexibility index (Phi) is 5.17. The molecule has 8 heteroatoms. The first kappa shape index (κ1) is 19.6. The fourth-order valence-electron chi connectivity index (χ4n) is 3.38. The first-order chi connectivity index (χ1) is 15.7. The van der Waals surface area contributed by atoms with Crippen LogP contribution in [-0.2, 0) is 0 Å². The summed E-state index contributed by atoms with van der Waals surface area (Å²) in [5.41, 5.74) is 1.82. The molecule has 5 aromatic rings. The van der Waals surface area contributed by atoms with Gasteiger partial charge in [0.2, 0.25) is 5.88 Å². The number of ether oxygens (including phenoxy) is 1. The highest BCUT2D eigenvalue weighted by atomic mass is 19.1. The van der Waals surface area contributed by atoms with E-state index in [0.717, 1.165) is 10.8 Å². The van der Waals surface area contributed by atoms with Gasteiger partial charge in [0, 0.05) is 17.2 Å². The van der Waals surface area contributed by atoms with Crippen molar-refractivity contribution in [1.82, 2.24) is 25.1 Å². The van der Waals surface area contributed by atoms with E-state index >= 15 is 0 Å². The number of benzene rings is 3. The molecule has 158 valence electrons. The van der Waals surface area contributed by atoms with Crippen LogP contribution in [-0.4, -0.2) is 38.9 Å². The largest absolute Gasteiger partial charge is 0.475 e. The van der Waals surface area contributed by atoms with E-state index in [1.165, 1.54) is 16.6 Å². The molecule has 0 aliphatic heterocycles. The van der Waals surface area contributed by atoms with E-state index in [0.29, 0.717) is 35.0 Å². The monoisotopic (exact) mass is 427 g/mol. The summed E-state index contributed by atoms with van der Waals surface area (Å²) in [5, 5.41) is 17.6. The van der Waals surface area contributed by atoms with Crippen molar-refractivity contribution >= 4 is 22.3 Å². The molecule has 7 nitrogen and oxygen atoms in total. The maximum Gasteiger partial charge on any atom is 0.251 e. The van der Waals surface area contributed by atoms with Crippen LogP contribution in [0.25, 0.3) is 27.8 Å². The number of amides is 1. The highest BCUT2D eigenvalue weighted by Gasteiger charge is 2.11. The zero-order valence-electron chi connectivity index (χ0n) is 16.9. The molecule has 1 N–H and O–H groups in total. The molecule has 5 rings (SSSR count). The minimum atomic E-state index is -0.328.